The summed E-state index contributed by atoms with van der Waals surface area (Å²) in [7, 11) is 0. The highest BCUT2D eigenvalue weighted by atomic mass is 19.3. The van der Waals surface area contributed by atoms with E-state index in [1.54, 1.807) is 13.8 Å². The highest BCUT2D eigenvalue weighted by Crippen LogP contribution is 2.12. The molecule has 0 bridgehead atoms. The van der Waals surface area contributed by atoms with Crippen LogP contribution >= 0.6 is 0 Å². The Kier molecular flexibility index (Phi) is 3.43. The van der Waals surface area contributed by atoms with E-state index in [4.69, 9.17) is 6.42 Å². The third-order valence-corrected chi connectivity index (χ3v) is 2.01. The maximum atomic E-state index is 12.4. The van der Waals surface area contributed by atoms with Crippen LogP contribution in [0, 0.1) is 12.3 Å². The highest BCUT2D eigenvalue weighted by Gasteiger charge is 2.16. The number of terminal acetylenes is 1. The fourth-order valence-electron chi connectivity index (χ4n) is 1.01. The monoisotopic (exact) mass is 213 g/mol. The Morgan fingerprint density at radius 1 is 1.67 bits per heavy atom. The number of nitrogens with zero attached hydrogens (tertiary/aromatic N) is 2. The molecule has 0 aliphatic rings. The van der Waals surface area contributed by atoms with Crippen molar-refractivity contribution < 1.29 is 8.78 Å². The van der Waals surface area contributed by atoms with Gasteiger partial charge in [0, 0.05) is 12.4 Å². The number of imidazole rings is 1. The van der Waals surface area contributed by atoms with E-state index in [0.717, 1.165) is 4.57 Å². The van der Waals surface area contributed by atoms with Gasteiger partial charge in [0.15, 0.2) is 0 Å². The molecule has 82 valence electrons. The van der Waals surface area contributed by atoms with Crippen molar-refractivity contribution in [1.82, 2.24) is 14.9 Å². The van der Waals surface area contributed by atoms with Crippen LogP contribution in [0.2, 0.25) is 0 Å². The Morgan fingerprint density at radius 3 is 2.87 bits per heavy atom. The third-order valence-electron chi connectivity index (χ3n) is 2.01. The molecule has 0 amide bonds. The number of alkyl halides is 2. The molecule has 0 fully saturated rings. The van der Waals surface area contributed by atoms with E-state index in [1.807, 2.05) is 0 Å². The van der Waals surface area contributed by atoms with E-state index in [1.165, 1.54) is 12.4 Å². The van der Waals surface area contributed by atoms with E-state index >= 15 is 0 Å². The second-order valence-electron chi connectivity index (χ2n) is 3.65. The zero-order valence-corrected chi connectivity index (χ0v) is 8.67. The number of rotatable bonds is 4. The first-order valence-electron chi connectivity index (χ1n) is 4.49. The summed E-state index contributed by atoms with van der Waals surface area (Å²) in [6.45, 7) is 1.23. The van der Waals surface area contributed by atoms with Gasteiger partial charge < -0.3 is 0 Å². The summed E-state index contributed by atoms with van der Waals surface area (Å²) in [6, 6.07) is 0. The van der Waals surface area contributed by atoms with E-state index in [9.17, 15) is 8.78 Å². The number of aromatic nitrogens is 2. The SMILES string of the molecule is C#CC(C)(C)NCc1nccn1C(F)F. The molecule has 0 atom stereocenters. The molecular formula is C10H13F2N3. The van der Waals surface area contributed by atoms with Crippen LogP contribution in [0.25, 0.3) is 0 Å². The number of hydrogen-bond donors (Lipinski definition) is 1. The molecule has 0 radical (unpaired) electrons. The molecule has 5 heteroatoms. The van der Waals surface area contributed by atoms with Crippen LogP contribution < -0.4 is 5.32 Å². The molecule has 0 saturated carbocycles. The predicted molar refractivity (Wildman–Crippen MR) is 53.2 cm³/mol. The molecule has 0 aliphatic carbocycles. The summed E-state index contributed by atoms with van der Waals surface area (Å²) in [6.07, 6.45) is 7.84. The maximum Gasteiger partial charge on any atom is 0.319 e. The van der Waals surface area contributed by atoms with Crippen molar-refractivity contribution in [3.63, 3.8) is 0 Å². The average Bonchev–Trinajstić information content (AvgIpc) is 2.63. The molecule has 1 heterocycles. The zero-order valence-electron chi connectivity index (χ0n) is 8.67. The van der Waals surface area contributed by atoms with E-state index in [0.29, 0.717) is 0 Å². The highest BCUT2D eigenvalue weighted by molar-refractivity contribution is 5.08. The molecule has 0 aromatic carbocycles. The molecule has 0 unspecified atom stereocenters. The minimum Gasteiger partial charge on any atom is -0.294 e. The van der Waals surface area contributed by atoms with Gasteiger partial charge in [-0.05, 0) is 13.8 Å². The quantitative estimate of drug-likeness (QED) is 0.772. The van der Waals surface area contributed by atoms with Gasteiger partial charge in [0.1, 0.15) is 5.82 Å². The Hall–Kier alpha value is -1.41. The summed E-state index contributed by atoms with van der Waals surface area (Å²) in [5.41, 5.74) is -0.529. The largest absolute Gasteiger partial charge is 0.319 e. The van der Waals surface area contributed by atoms with Crippen LogP contribution in [-0.4, -0.2) is 15.1 Å². The summed E-state index contributed by atoms with van der Waals surface area (Å²) in [5.74, 6) is 2.79. The molecule has 0 saturated heterocycles. The van der Waals surface area contributed by atoms with Gasteiger partial charge >= 0.3 is 6.55 Å². The average molecular weight is 213 g/mol. The first-order valence-corrected chi connectivity index (χ1v) is 4.49. The molecule has 1 aromatic heterocycles. The Morgan fingerprint density at radius 2 is 2.33 bits per heavy atom. The van der Waals surface area contributed by atoms with Crippen molar-refractivity contribution >= 4 is 0 Å². The van der Waals surface area contributed by atoms with E-state index in [2.05, 4.69) is 16.2 Å². The second-order valence-corrected chi connectivity index (χ2v) is 3.65. The normalized spacial score (nSPS) is 11.7. The molecule has 1 rings (SSSR count). The zero-order chi connectivity index (χ0) is 11.5. The van der Waals surface area contributed by atoms with Crippen molar-refractivity contribution in [2.75, 3.05) is 0 Å². The van der Waals surface area contributed by atoms with E-state index in [-0.39, 0.29) is 12.4 Å². The summed E-state index contributed by atoms with van der Waals surface area (Å²) in [5, 5.41) is 2.95. The Bertz CT molecular complexity index is 363. The van der Waals surface area contributed by atoms with Gasteiger partial charge in [-0.25, -0.2) is 4.98 Å². The first kappa shape index (κ1) is 11.7. The predicted octanol–water partition coefficient (Wildman–Crippen LogP) is 1.78. The van der Waals surface area contributed by atoms with Crippen LogP contribution in [0.15, 0.2) is 12.4 Å². The van der Waals surface area contributed by atoms with Crippen molar-refractivity contribution in [3.8, 4) is 12.3 Å². The lowest BCUT2D eigenvalue weighted by molar-refractivity contribution is 0.0664. The van der Waals surface area contributed by atoms with Crippen LogP contribution in [0.1, 0.15) is 26.2 Å². The van der Waals surface area contributed by atoms with Gasteiger partial charge in [-0.2, -0.15) is 8.78 Å². The van der Waals surface area contributed by atoms with Gasteiger partial charge in [-0.3, -0.25) is 9.88 Å². The van der Waals surface area contributed by atoms with Gasteiger partial charge in [-0.15, -0.1) is 6.42 Å². The third kappa shape index (κ3) is 3.03. The number of hydrogen-bond acceptors (Lipinski definition) is 2. The van der Waals surface area contributed by atoms with E-state index < -0.39 is 12.1 Å². The standard InChI is InChI=1S/C10H13F2N3/c1-4-10(2,3)14-7-8-13-5-6-15(8)9(11)12/h1,5-6,9,14H,7H2,2-3H3. The maximum absolute atomic E-state index is 12.4. The Labute approximate surface area is 87.5 Å². The lowest BCUT2D eigenvalue weighted by atomic mass is 10.1. The molecule has 1 N–H and O–H groups in total. The lowest BCUT2D eigenvalue weighted by Crippen LogP contribution is -2.37. The van der Waals surface area contributed by atoms with Gasteiger partial charge in [0.25, 0.3) is 0 Å². The summed E-state index contributed by atoms with van der Waals surface area (Å²) in [4.78, 5) is 3.83. The van der Waals surface area contributed by atoms with Gasteiger partial charge in [0.05, 0.1) is 12.1 Å². The number of halogens is 2. The molecule has 1 aromatic rings. The lowest BCUT2D eigenvalue weighted by Gasteiger charge is -2.19. The molecule has 15 heavy (non-hydrogen) atoms. The fourth-order valence-corrected chi connectivity index (χ4v) is 1.01. The smallest absolute Gasteiger partial charge is 0.294 e. The van der Waals surface area contributed by atoms with Crippen molar-refractivity contribution in [3.05, 3.63) is 18.2 Å². The minimum atomic E-state index is -2.57. The van der Waals surface area contributed by atoms with Crippen molar-refractivity contribution in [2.24, 2.45) is 0 Å². The van der Waals surface area contributed by atoms with Crippen LogP contribution in [0.3, 0.4) is 0 Å². The minimum absolute atomic E-state index is 0.217. The van der Waals surface area contributed by atoms with Crippen LogP contribution in [0.5, 0.6) is 0 Å². The van der Waals surface area contributed by atoms with Gasteiger partial charge in [-0.1, -0.05) is 5.92 Å². The van der Waals surface area contributed by atoms with Crippen molar-refractivity contribution in [1.29, 1.82) is 0 Å². The Balaban J connectivity index is 2.67. The second kappa shape index (κ2) is 4.41. The molecule has 0 aliphatic heterocycles. The van der Waals surface area contributed by atoms with Crippen molar-refractivity contribution in [2.45, 2.75) is 32.5 Å². The summed E-state index contributed by atoms with van der Waals surface area (Å²) < 4.78 is 25.6. The molecular weight excluding hydrogens is 200 g/mol. The van der Waals surface area contributed by atoms with Crippen LogP contribution in [0.4, 0.5) is 8.78 Å². The molecule has 0 spiro atoms. The topological polar surface area (TPSA) is 29.9 Å². The van der Waals surface area contributed by atoms with Crippen LogP contribution in [-0.2, 0) is 6.54 Å². The number of nitrogens with one attached hydrogen (secondary N) is 1. The molecule has 3 nitrogen and oxygen atoms in total. The van der Waals surface area contributed by atoms with Gasteiger partial charge in [0.2, 0.25) is 0 Å². The first-order chi connectivity index (χ1) is 6.96. The summed E-state index contributed by atoms with van der Waals surface area (Å²) >= 11 is 0. The fraction of sp³-hybridized carbons (Fsp3) is 0.500.